The molecule has 0 radical (unpaired) electrons. The molecule has 1 aliphatic rings. The molecule has 9 nitrogen and oxygen atoms in total. The summed E-state index contributed by atoms with van der Waals surface area (Å²) in [5.41, 5.74) is 3.69. The third-order valence-corrected chi connectivity index (χ3v) is 7.24. The largest absolute Gasteiger partial charge is 0.513 e. The smallest absolute Gasteiger partial charge is 0.494 e. The number of methoxy groups -OCH3 is 1. The summed E-state index contributed by atoms with van der Waals surface area (Å²) in [6.07, 6.45) is 1.10. The summed E-state index contributed by atoms with van der Waals surface area (Å²) >= 11 is 0. The molecule has 0 saturated carbocycles. The summed E-state index contributed by atoms with van der Waals surface area (Å²) in [7, 11) is 5.40. The normalized spacial score (nSPS) is 14.5. The molecule has 5 rings (SSSR count). The number of ether oxygens (including phenoxy) is 2. The number of H-pyrrole nitrogens is 1. The molecule has 2 N–H and O–H groups in total. The number of likely N-dealkylation sites (tertiary alicyclic amines) is 1. The predicted octanol–water partition coefficient (Wildman–Crippen LogP) is 5.35. The van der Waals surface area contributed by atoms with Gasteiger partial charge in [-0.05, 0) is 63.3 Å². The average Bonchev–Trinajstić information content (AvgIpc) is 3.30. The van der Waals surface area contributed by atoms with Crippen molar-refractivity contribution in [3.05, 3.63) is 89.5 Å². The second-order valence-electron chi connectivity index (χ2n) is 9.97. The quantitative estimate of drug-likeness (QED) is 0.194. The fourth-order valence-corrected chi connectivity index (χ4v) is 5.04. The zero-order chi connectivity index (χ0) is 28.2. The summed E-state index contributed by atoms with van der Waals surface area (Å²) in [6.45, 7) is 1.48. The van der Waals surface area contributed by atoms with Crippen LogP contribution in [0.25, 0.3) is 10.9 Å². The maximum absolute atomic E-state index is 13.1. The number of carbonyl (C=O) groups excluding carboxylic acids is 2. The summed E-state index contributed by atoms with van der Waals surface area (Å²) < 4.78 is 9.69. The standard InChI is InChI=1S/C31H32N4O5/c1-34(2)23-15-17-35(18-16-23)30(37)21-9-11-22(12-10-21)32-28(20-7-5-4-6-8-20)27-25-14-13-24(40-31(38)39-3)19-26(25)33-29(27)36/h4-14,19,23,33,36H,15-18H2,1-3H3. The number of carbonyl (C=O) groups is 2. The lowest BCUT2D eigenvalue weighted by Crippen LogP contribution is -2.44. The number of aliphatic imine (C=N–C) groups is 1. The molecule has 1 amide bonds. The molecule has 0 spiro atoms. The van der Waals surface area contributed by atoms with E-state index in [1.807, 2.05) is 47.4 Å². The maximum atomic E-state index is 13.1. The van der Waals surface area contributed by atoms with Gasteiger partial charge in [0.25, 0.3) is 5.91 Å². The van der Waals surface area contributed by atoms with Crippen molar-refractivity contribution in [1.29, 1.82) is 0 Å². The summed E-state index contributed by atoms with van der Waals surface area (Å²) in [5, 5.41) is 11.7. The number of nitrogens with one attached hydrogen (secondary N) is 1. The van der Waals surface area contributed by atoms with Crippen molar-refractivity contribution in [3.8, 4) is 11.6 Å². The number of hydrogen-bond donors (Lipinski definition) is 2. The highest BCUT2D eigenvalue weighted by molar-refractivity contribution is 6.22. The van der Waals surface area contributed by atoms with Gasteiger partial charge in [0.2, 0.25) is 0 Å². The number of rotatable bonds is 6. The number of aromatic nitrogens is 1. The Morgan fingerprint density at radius 1 is 0.975 bits per heavy atom. The third-order valence-electron chi connectivity index (χ3n) is 7.24. The Labute approximate surface area is 232 Å². The lowest BCUT2D eigenvalue weighted by Gasteiger charge is -2.35. The fraction of sp³-hybridized carbons (Fsp3) is 0.258. The molecule has 206 valence electrons. The van der Waals surface area contributed by atoms with E-state index in [1.165, 1.54) is 7.11 Å². The van der Waals surface area contributed by atoms with Crippen LogP contribution in [0.2, 0.25) is 0 Å². The van der Waals surface area contributed by atoms with Crippen LogP contribution >= 0.6 is 0 Å². The van der Waals surface area contributed by atoms with E-state index < -0.39 is 6.16 Å². The molecule has 1 saturated heterocycles. The average molecular weight is 541 g/mol. The molecule has 4 aromatic rings. The van der Waals surface area contributed by atoms with Crippen LogP contribution in [0.5, 0.6) is 11.6 Å². The first kappa shape index (κ1) is 27.0. The molecule has 3 aromatic carbocycles. The Balaban J connectivity index is 1.46. The lowest BCUT2D eigenvalue weighted by atomic mass is 10.0. The Hall–Kier alpha value is -4.63. The van der Waals surface area contributed by atoms with Gasteiger partial charge in [-0.3, -0.25) is 4.79 Å². The van der Waals surface area contributed by atoms with Gasteiger partial charge < -0.3 is 29.4 Å². The van der Waals surface area contributed by atoms with Crippen LogP contribution in [0, 0.1) is 0 Å². The minimum Gasteiger partial charge on any atom is -0.494 e. The van der Waals surface area contributed by atoms with Gasteiger partial charge in [-0.2, -0.15) is 0 Å². The first-order valence-corrected chi connectivity index (χ1v) is 13.1. The SMILES string of the molecule is COC(=O)Oc1ccc2c(C(=Nc3ccc(C(=O)N4CCC(N(C)C)CC4)cc3)c3ccccc3)c(O)[nH]c2c1. The Kier molecular flexibility index (Phi) is 7.84. The van der Waals surface area contributed by atoms with Crippen LogP contribution in [0.1, 0.15) is 34.3 Å². The van der Waals surface area contributed by atoms with Crippen molar-refractivity contribution in [3.63, 3.8) is 0 Å². The van der Waals surface area contributed by atoms with Gasteiger partial charge in [0.15, 0.2) is 5.88 Å². The molecule has 0 unspecified atom stereocenters. The molecule has 1 aromatic heterocycles. The Morgan fingerprint density at radius 2 is 1.68 bits per heavy atom. The molecule has 1 fully saturated rings. The highest BCUT2D eigenvalue weighted by atomic mass is 16.7. The van der Waals surface area contributed by atoms with E-state index >= 15 is 0 Å². The molecule has 0 aliphatic carbocycles. The minimum atomic E-state index is -0.832. The van der Waals surface area contributed by atoms with Gasteiger partial charge in [-0.1, -0.05) is 30.3 Å². The zero-order valence-electron chi connectivity index (χ0n) is 22.8. The van der Waals surface area contributed by atoms with Crippen LogP contribution in [-0.4, -0.2) is 78.0 Å². The number of fused-ring (bicyclic) bond motifs is 1. The maximum Gasteiger partial charge on any atom is 0.513 e. The summed E-state index contributed by atoms with van der Waals surface area (Å²) in [5.74, 6) is 0.229. The third kappa shape index (κ3) is 5.69. The van der Waals surface area contributed by atoms with Crippen LogP contribution in [0.15, 0.2) is 77.8 Å². The van der Waals surface area contributed by atoms with E-state index in [2.05, 4.69) is 28.7 Å². The molecule has 1 aliphatic heterocycles. The molecular weight excluding hydrogens is 508 g/mol. The minimum absolute atomic E-state index is 0.0234. The molecule has 9 heteroatoms. The van der Waals surface area contributed by atoms with Crippen molar-refractivity contribution in [2.24, 2.45) is 4.99 Å². The number of benzene rings is 3. The van der Waals surface area contributed by atoms with Crippen LogP contribution in [0.4, 0.5) is 10.5 Å². The van der Waals surface area contributed by atoms with E-state index in [0.29, 0.717) is 39.5 Å². The van der Waals surface area contributed by atoms with Gasteiger partial charge in [-0.15, -0.1) is 0 Å². The lowest BCUT2D eigenvalue weighted by molar-refractivity contribution is 0.0663. The Bertz CT molecular complexity index is 1540. The molecule has 0 atom stereocenters. The first-order chi connectivity index (χ1) is 19.3. The van der Waals surface area contributed by atoms with Crippen molar-refractivity contribution >= 4 is 34.4 Å². The summed E-state index contributed by atoms with van der Waals surface area (Å²) in [6, 6.07) is 22.3. The number of nitrogens with zero attached hydrogens (tertiary/aromatic N) is 3. The van der Waals surface area contributed by atoms with E-state index in [4.69, 9.17) is 9.73 Å². The van der Waals surface area contributed by atoms with Gasteiger partial charge in [0.1, 0.15) is 5.75 Å². The van der Waals surface area contributed by atoms with Gasteiger partial charge in [0, 0.05) is 41.7 Å². The van der Waals surface area contributed by atoms with Gasteiger partial charge >= 0.3 is 6.16 Å². The highest BCUT2D eigenvalue weighted by Crippen LogP contribution is 2.33. The molecule has 0 bridgehead atoms. The predicted molar refractivity (Wildman–Crippen MR) is 154 cm³/mol. The fourth-order valence-electron chi connectivity index (χ4n) is 5.04. The number of aromatic hydroxyl groups is 1. The molecule has 2 heterocycles. The number of hydrogen-bond acceptors (Lipinski definition) is 7. The number of aromatic amines is 1. The zero-order valence-corrected chi connectivity index (χ0v) is 22.8. The van der Waals surface area contributed by atoms with Crippen LogP contribution in [0.3, 0.4) is 0 Å². The highest BCUT2D eigenvalue weighted by Gasteiger charge is 2.25. The topological polar surface area (TPSA) is 107 Å². The van der Waals surface area contributed by atoms with E-state index in [-0.39, 0.29) is 17.5 Å². The Morgan fingerprint density at radius 3 is 2.33 bits per heavy atom. The van der Waals surface area contributed by atoms with Crippen LogP contribution in [-0.2, 0) is 4.74 Å². The van der Waals surface area contributed by atoms with Gasteiger partial charge in [-0.25, -0.2) is 9.79 Å². The second-order valence-corrected chi connectivity index (χ2v) is 9.97. The van der Waals surface area contributed by atoms with E-state index in [0.717, 1.165) is 31.5 Å². The molecule has 40 heavy (non-hydrogen) atoms. The monoisotopic (exact) mass is 540 g/mol. The number of amides is 1. The van der Waals surface area contributed by atoms with E-state index in [9.17, 15) is 14.7 Å². The van der Waals surface area contributed by atoms with Crippen molar-refractivity contribution in [2.45, 2.75) is 18.9 Å². The molecular formula is C31H32N4O5. The van der Waals surface area contributed by atoms with Crippen molar-refractivity contribution in [2.75, 3.05) is 34.3 Å². The summed E-state index contributed by atoms with van der Waals surface area (Å²) in [4.78, 5) is 36.7. The van der Waals surface area contributed by atoms with Crippen LogP contribution < -0.4 is 4.74 Å². The van der Waals surface area contributed by atoms with E-state index in [1.54, 1.807) is 30.3 Å². The second kappa shape index (κ2) is 11.6. The van der Waals surface area contributed by atoms with Gasteiger partial charge in [0.05, 0.1) is 29.6 Å². The number of piperidine rings is 1. The first-order valence-electron chi connectivity index (χ1n) is 13.1. The van der Waals surface area contributed by atoms with Crippen molar-refractivity contribution < 1.29 is 24.2 Å². The van der Waals surface area contributed by atoms with Crippen molar-refractivity contribution in [1.82, 2.24) is 14.8 Å².